The largest absolute Gasteiger partial charge is 0.393 e. The fourth-order valence-electron chi connectivity index (χ4n) is 1.44. The Hall–Kier alpha value is -0.540. The number of thioether (sulfide) groups is 1. The lowest BCUT2D eigenvalue weighted by Gasteiger charge is -2.19. The van der Waals surface area contributed by atoms with E-state index < -0.39 is 0 Å². The molecule has 0 amide bonds. The highest BCUT2D eigenvalue weighted by molar-refractivity contribution is 7.98. The maximum absolute atomic E-state index is 5.66. The quantitative estimate of drug-likeness (QED) is 0.644. The van der Waals surface area contributed by atoms with Crippen LogP contribution in [0.3, 0.4) is 0 Å². The molecule has 2 N–H and O–H groups in total. The van der Waals surface area contributed by atoms with Crippen molar-refractivity contribution in [1.29, 1.82) is 0 Å². The van der Waals surface area contributed by atoms with E-state index in [1.165, 1.54) is 10.5 Å². The van der Waals surface area contributed by atoms with Gasteiger partial charge in [-0.1, -0.05) is 38.2 Å². The van der Waals surface area contributed by atoms with Crippen LogP contribution in [0.4, 0.5) is 0 Å². The maximum Gasteiger partial charge on any atom is 0.0761 e. The molecule has 2 atom stereocenters. The molecule has 1 aromatic carbocycles. The highest BCUT2D eigenvalue weighted by Crippen LogP contribution is 2.26. The molecule has 2 unspecified atom stereocenters. The van der Waals surface area contributed by atoms with Crippen LogP contribution < -0.4 is 5.73 Å². The first-order valence-corrected chi connectivity index (χ1v) is 6.62. The van der Waals surface area contributed by atoms with Crippen LogP contribution in [0.5, 0.6) is 0 Å². The van der Waals surface area contributed by atoms with E-state index in [2.05, 4.69) is 44.4 Å². The molecule has 0 radical (unpaired) electrons. The molecule has 0 aliphatic rings. The minimum Gasteiger partial charge on any atom is -0.393 e. The van der Waals surface area contributed by atoms with Crippen LogP contribution in [0.15, 0.2) is 29.2 Å². The lowest BCUT2D eigenvalue weighted by atomic mass is 9.89. The van der Waals surface area contributed by atoms with Crippen molar-refractivity contribution < 1.29 is 0 Å². The Morgan fingerprint density at radius 1 is 1.27 bits per heavy atom. The van der Waals surface area contributed by atoms with E-state index in [-0.39, 0.29) is 5.92 Å². The predicted octanol–water partition coefficient (Wildman–Crippen LogP) is 3.43. The molecule has 0 spiro atoms. The average Bonchev–Trinajstić information content (AvgIpc) is 2.27. The fraction of sp³-hybridized carbons (Fsp3) is 0.417. The van der Waals surface area contributed by atoms with Gasteiger partial charge in [0.25, 0.3) is 0 Å². The summed E-state index contributed by atoms with van der Waals surface area (Å²) in [4.78, 5) is 1.88. The van der Waals surface area contributed by atoms with E-state index in [1.54, 1.807) is 11.8 Å². The third-order valence-corrected chi connectivity index (χ3v) is 3.96. The molecule has 0 aliphatic heterocycles. The van der Waals surface area contributed by atoms with Gasteiger partial charge in [-0.25, -0.2) is 0 Å². The van der Waals surface area contributed by atoms with E-state index in [1.807, 2.05) is 0 Å². The number of hydrogen-bond donors (Lipinski definition) is 1. The molecule has 0 aromatic heterocycles. The number of benzene rings is 1. The third-order valence-electron chi connectivity index (χ3n) is 2.84. The zero-order chi connectivity index (χ0) is 11.4. The fourth-order valence-corrected chi connectivity index (χ4v) is 2.05. The zero-order valence-electron chi connectivity index (χ0n) is 9.36. The van der Waals surface area contributed by atoms with E-state index in [4.69, 9.17) is 18.0 Å². The van der Waals surface area contributed by atoms with Crippen molar-refractivity contribution in [1.82, 2.24) is 0 Å². The molecule has 0 bridgehead atoms. The average molecular weight is 239 g/mol. The molecular weight excluding hydrogens is 222 g/mol. The lowest BCUT2D eigenvalue weighted by molar-refractivity contribution is 0.626. The summed E-state index contributed by atoms with van der Waals surface area (Å²) in [5.41, 5.74) is 6.96. The number of rotatable bonds is 4. The van der Waals surface area contributed by atoms with Gasteiger partial charge in [-0.15, -0.1) is 11.8 Å². The highest BCUT2D eigenvalue weighted by atomic mass is 32.2. The summed E-state index contributed by atoms with van der Waals surface area (Å²) < 4.78 is 0. The molecule has 0 saturated heterocycles. The van der Waals surface area contributed by atoms with Crippen LogP contribution in [0.2, 0.25) is 0 Å². The number of thiocarbonyl (C=S) groups is 1. The SMILES string of the molecule is CSc1ccc(C(C)C(C)C(N)=S)cc1. The standard InChI is InChI=1S/C12H17NS2/c1-8(9(2)12(13)14)10-4-6-11(15-3)7-5-10/h4-9H,1-3H3,(H2,13,14). The van der Waals surface area contributed by atoms with Gasteiger partial charge in [0.2, 0.25) is 0 Å². The van der Waals surface area contributed by atoms with Crippen LogP contribution >= 0.6 is 24.0 Å². The Kier molecular flexibility index (Phi) is 4.61. The lowest BCUT2D eigenvalue weighted by Crippen LogP contribution is -2.23. The Bertz CT molecular complexity index is 332. The Morgan fingerprint density at radius 2 is 1.80 bits per heavy atom. The molecule has 0 fully saturated rings. The first-order valence-electron chi connectivity index (χ1n) is 4.99. The van der Waals surface area contributed by atoms with Crippen LogP contribution in [0, 0.1) is 5.92 Å². The second-order valence-corrected chi connectivity index (χ2v) is 5.10. The van der Waals surface area contributed by atoms with Gasteiger partial charge in [0.15, 0.2) is 0 Å². The first kappa shape index (κ1) is 12.5. The molecule has 1 aromatic rings. The summed E-state index contributed by atoms with van der Waals surface area (Å²) >= 11 is 6.77. The highest BCUT2D eigenvalue weighted by Gasteiger charge is 2.16. The maximum atomic E-state index is 5.66. The smallest absolute Gasteiger partial charge is 0.0761 e. The van der Waals surface area contributed by atoms with Gasteiger partial charge in [-0.2, -0.15) is 0 Å². The molecule has 0 heterocycles. The molecule has 0 aliphatic carbocycles. The van der Waals surface area contributed by atoms with E-state index in [0.29, 0.717) is 10.9 Å². The van der Waals surface area contributed by atoms with Crippen LogP contribution in [-0.4, -0.2) is 11.2 Å². The second kappa shape index (κ2) is 5.52. The topological polar surface area (TPSA) is 26.0 Å². The van der Waals surface area contributed by atoms with Crippen LogP contribution in [0.1, 0.15) is 25.3 Å². The second-order valence-electron chi connectivity index (χ2n) is 3.75. The summed E-state index contributed by atoms with van der Waals surface area (Å²) in [7, 11) is 0. The Morgan fingerprint density at radius 3 is 2.20 bits per heavy atom. The predicted molar refractivity (Wildman–Crippen MR) is 72.6 cm³/mol. The third kappa shape index (κ3) is 3.21. The first-order chi connectivity index (χ1) is 7.06. The van der Waals surface area contributed by atoms with Crippen molar-refractivity contribution in [2.45, 2.75) is 24.7 Å². The van der Waals surface area contributed by atoms with Crippen LogP contribution in [-0.2, 0) is 0 Å². The van der Waals surface area contributed by atoms with Gasteiger partial charge in [-0.3, -0.25) is 0 Å². The zero-order valence-corrected chi connectivity index (χ0v) is 11.0. The van der Waals surface area contributed by atoms with E-state index >= 15 is 0 Å². The number of nitrogens with two attached hydrogens (primary N) is 1. The summed E-state index contributed by atoms with van der Waals surface area (Å²) in [6, 6.07) is 8.60. The molecule has 1 rings (SSSR count). The Balaban J connectivity index is 2.82. The minimum absolute atomic E-state index is 0.250. The minimum atomic E-state index is 0.250. The van der Waals surface area contributed by atoms with Gasteiger partial charge in [0, 0.05) is 10.8 Å². The summed E-state index contributed by atoms with van der Waals surface area (Å²) in [6.07, 6.45) is 2.08. The van der Waals surface area contributed by atoms with Crippen LogP contribution in [0.25, 0.3) is 0 Å². The molecule has 82 valence electrons. The van der Waals surface area contributed by atoms with Gasteiger partial charge in [-0.05, 0) is 29.9 Å². The van der Waals surface area contributed by atoms with Gasteiger partial charge < -0.3 is 5.73 Å². The van der Waals surface area contributed by atoms with Gasteiger partial charge in [0.1, 0.15) is 0 Å². The van der Waals surface area contributed by atoms with Crippen molar-refractivity contribution in [3.05, 3.63) is 29.8 Å². The monoisotopic (exact) mass is 239 g/mol. The molecule has 0 saturated carbocycles. The van der Waals surface area contributed by atoms with Crippen molar-refractivity contribution in [2.24, 2.45) is 11.7 Å². The van der Waals surface area contributed by atoms with Crippen molar-refractivity contribution in [2.75, 3.05) is 6.26 Å². The van der Waals surface area contributed by atoms with E-state index in [9.17, 15) is 0 Å². The molecule has 3 heteroatoms. The van der Waals surface area contributed by atoms with Crippen molar-refractivity contribution in [3.63, 3.8) is 0 Å². The van der Waals surface area contributed by atoms with Gasteiger partial charge in [0.05, 0.1) is 4.99 Å². The van der Waals surface area contributed by atoms with Gasteiger partial charge >= 0.3 is 0 Å². The van der Waals surface area contributed by atoms with Crippen molar-refractivity contribution >= 4 is 29.0 Å². The Labute approximate surface area is 101 Å². The summed E-state index contributed by atoms with van der Waals surface area (Å²) in [6.45, 7) is 4.24. The normalized spacial score (nSPS) is 14.6. The van der Waals surface area contributed by atoms with E-state index in [0.717, 1.165) is 0 Å². The van der Waals surface area contributed by atoms with Crippen molar-refractivity contribution in [3.8, 4) is 0 Å². The molecular formula is C12H17NS2. The summed E-state index contributed by atoms with van der Waals surface area (Å²) in [5, 5.41) is 0. The molecule has 1 nitrogen and oxygen atoms in total. The number of hydrogen-bond acceptors (Lipinski definition) is 2. The molecule has 15 heavy (non-hydrogen) atoms. The summed E-state index contributed by atoms with van der Waals surface area (Å²) in [5.74, 6) is 0.638.